The molecule has 0 N–H and O–H groups in total. The van der Waals surface area contributed by atoms with Crippen LogP contribution in [0.4, 0.5) is 0 Å². The number of hydrogen-bond donors (Lipinski definition) is 0. The molecule has 0 radical (unpaired) electrons. The van der Waals surface area contributed by atoms with Gasteiger partial charge in [0.05, 0.1) is 24.2 Å². The molecular formula is C27H28N4O2. The molecule has 168 valence electrons. The second-order valence-corrected chi connectivity index (χ2v) is 7.85. The number of fused-ring (bicyclic) bond motifs is 1. The molecule has 2 aromatic carbocycles. The van der Waals surface area contributed by atoms with E-state index in [0.29, 0.717) is 18.8 Å². The van der Waals surface area contributed by atoms with Gasteiger partial charge in [0, 0.05) is 19.8 Å². The van der Waals surface area contributed by atoms with Gasteiger partial charge in [0.25, 0.3) is 5.91 Å². The van der Waals surface area contributed by atoms with E-state index >= 15 is 0 Å². The van der Waals surface area contributed by atoms with E-state index in [1.54, 1.807) is 30.3 Å². The number of allylic oxidation sites excluding steroid dienone is 1. The van der Waals surface area contributed by atoms with Crippen LogP contribution < -0.4 is 4.74 Å². The van der Waals surface area contributed by atoms with Crippen LogP contribution in [0.1, 0.15) is 28.3 Å². The molecule has 2 aromatic heterocycles. The van der Waals surface area contributed by atoms with Gasteiger partial charge in [-0.3, -0.25) is 9.78 Å². The molecule has 0 aliphatic heterocycles. The maximum atomic E-state index is 12.8. The number of aromatic nitrogens is 3. The van der Waals surface area contributed by atoms with Crippen molar-refractivity contribution in [3.63, 3.8) is 0 Å². The van der Waals surface area contributed by atoms with E-state index in [1.807, 2.05) is 48.5 Å². The molecule has 2 heterocycles. The van der Waals surface area contributed by atoms with Crippen LogP contribution in [-0.4, -0.2) is 39.0 Å². The van der Waals surface area contributed by atoms with Crippen molar-refractivity contribution in [2.45, 2.75) is 25.9 Å². The Morgan fingerprint density at radius 3 is 2.70 bits per heavy atom. The predicted octanol–water partition coefficient (Wildman–Crippen LogP) is 4.90. The number of hydrogen-bond acceptors (Lipinski definition) is 4. The quantitative estimate of drug-likeness (QED) is 0.260. The highest BCUT2D eigenvalue weighted by atomic mass is 16.5. The monoisotopic (exact) mass is 440 g/mol. The highest BCUT2D eigenvalue weighted by Crippen LogP contribution is 2.21. The summed E-state index contributed by atoms with van der Waals surface area (Å²) >= 11 is 0. The second-order valence-electron chi connectivity index (χ2n) is 7.85. The summed E-state index contributed by atoms with van der Waals surface area (Å²) in [6, 6.07) is 21.4. The Morgan fingerprint density at radius 1 is 1.09 bits per heavy atom. The Balaban J connectivity index is 1.46. The number of carbonyl (C=O) groups excluding carboxylic acids is 1. The number of nitrogens with zero attached hydrogens (tertiary/aromatic N) is 4. The van der Waals surface area contributed by atoms with Crippen molar-refractivity contribution >= 4 is 16.9 Å². The number of pyridine rings is 1. The number of amides is 1. The van der Waals surface area contributed by atoms with Gasteiger partial charge in [-0.1, -0.05) is 42.5 Å². The minimum Gasteiger partial charge on any atom is -0.493 e. The molecule has 33 heavy (non-hydrogen) atoms. The molecule has 6 nitrogen and oxygen atoms in total. The summed E-state index contributed by atoms with van der Waals surface area (Å²) in [5, 5.41) is 0. The summed E-state index contributed by atoms with van der Waals surface area (Å²) in [6.07, 6.45) is 5.11. The lowest BCUT2D eigenvalue weighted by molar-refractivity contribution is 0.0774. The van der Waals surface area contributed by atoms with Crippen LogP contribution in [0.5, 0.6) is 5.75 Å². The Hall–Kier alpha value is -3.93. The van der Waals surface area contributed by atoms with E-state index in [1.165, 1.54) is 0 Å². The number of imidazole rings is 1. The Morgan fingerprint density at radius 2 is 1.88 bits per heavy atom. The zero-order valence-electron chi connectivity index (χ0n) is 18.9. The molecule has 0 saturated heterocycles. The van der Waals surface area contributed by atoms with E-state index in [2.05, 4.69) is 28.3 Å². The molecule has 0 bridgehead atoms. The smallest absolute Gasteiger partial charge is 0.272 e. The van der Waals surface area contributed by atoms with Gasteiger partial charge >= 0.3 is 0 Å². The van der Waals surface area contributed by atoms with Crippen molar-refractivity contribution < 1.29 is 9.53 Å². The van der Waals surface area contributed by atoms with Crippen LogP contribution in [0, 0.1) is 0 Å². The van der Waals surface area contributed by atoms with Crippen molar-refractivity contribution in [1.82, 2.24) is 19.4 Å². The average Bonchev–Trinajstić information content (AvgIpc) is 3.19. The third-order valence-electron chi connectivity index (χ3n) is 5.46. The molecule has 0 atom stereocenters. The summed E-state index contributed by atoms with van der Waals surface area (Å²) < 4.78 is 8.24. The van der Waals surface area contributed by atoms with Crippen LogP contribution in [0.3, 0.4) is 0 Å². The molecule has 0 fully saturated rings. The molecule has 6 heteroatoms. The lowest BCUT2D eigenvalue weighted by Crippen LogP contribution is -2.28. The van der Waals surface area contributed by atoms with E-state index < -0.39 is 0 Å². The number of carbonyl (C=O) groups is 1. The number of aryl methyl sites for hydroxylation is 1. The highest BCUT2D eigenvalue weighted by Gasteiger charge is 2.17. The van der Waals surface area contributed by atoms with Crippen molar-refractivity contribution in [3.8, 4) is 5.75 Å². The molecular weight excluding hydrogens is 412 g/mol. The van der Waals surface area contributed by atoms with Gasteiger partial charge in [0.1, 0.15) is 17.3 Å². The Kier molecular flexibility index (Phi) is 7.15. The minimum absolute atomic E-state index is 0.128. The molecule has 0 spiro atoms. The van der Waals surface area contributed by atoms with Crippen LogP contribution in [0.25, 0.3) is 11.0 Å². The standard InChI is InChI=1S/C27H28N4O2/c1-3-11-21-12-4-7-16-25(21)33-19-10-18-31-24-15-6-5-13-22(24)29-26(31)20-30(2)27(32)23-14-8-9-17-28-23/h3-9,12-17H,1,10-11,18-20H2,2H3. The molecule has 0 unspecified atom stereocenters. The first kappa shape index (κ1) is 22.3. The van der Waals surface area contributed by atoms with Crippen molar-refractivity contribution in [1.29, 1.82) is 0 Å². The molecule has 0 aliphatic carbocycles. The van der Waals surface area contributed by atoms with Crippen LogP contribution in [0.15, 0.2) is 85.6 Å². The van der Waals surface area contributed by atoms with Crippen LogP contribution in [0.2, 0.25) is 0 Å². The Labute approximate surface area is 194 Å². The molecule has 4 aromatic rings. The second kappa shape index (κ2) is 10.6. The molecule has 0 saturated carbocycles. The van der Waals surface area contributed by atoms with E-state index in [-0.39, 0.29) is 5.91 Å². The molecule has 0 aliphatic rings. The minimum atomic E-state index is -0.128. The summed E-state index contributed by atoms with van der Waals surface area (Å²) in [7, 11) is 1.78. The van der Waals surface area contributed by atoms with Gasteiger partial charge in [-0.25, -0.2) is 4.98 Å². The van der Waals surface area contributed by atoms with Crippen molar-refractivity contribution in [2.75, 3.05) is 13.7 Å². The zero-order chi connectivity index (χ0) is 23.0. The summed E-state index contributed by atoms with van der Waals surface area (Å²) in [5.74, 6) is 1.61. The highest BCUT2D eigenvalue weighted by molar-refractivity contribution is 5.92. The fraction of sp³-hybridized carbons (Fsp3) is 0.222. The van der Waals surface area contributed by atoms with Gasteiger partial charge in [-0.05, 0) is 48.7 Å². The molecule has 1 amide bonds. The number of ether oxygens (including phenoxy) is 1. The lowest BCUT2D eigenvalue weighted by Gasteiger charge is -2.18. The fourth-order valence-corrected chi connectivity index (χ4v) is 3.84. The maximum Gasteiger partial charge on any atom is 0.272 e. The predicted molar refractivity (Wildman–Crippen MR) is 130 cm³/mol. The number of benzene rings is 2. The summed E-state index contributed by atoms with van der Waals surface area (Å²) in [6.45, 7) is 5.55. The van der Waals surface area contributed by atoms with Crippen LogP contribution >= 0.6 is 0 Å². The first-order chi connectivity index (χ1) is 16.2. The topological polar surface area (TPSA) is 60.2 Å². The van der Waals surface area contributed by atoms with Gasteiger partial charge in [0.15, 0.2) is 0 Å². The van der Waals surface area contributed by atoms with Gasteiger partial charge in [0.2, 0.25) is 0 Å². The van der Waals surface area contributed by atoms with Gasteiger partial charge < -0.3 is 14.2 Å². The summed E-state index contributed by atoms with van der Waals surface area (Å²) in [4.78, 5) is 23.4. The van der Waals surface area contributed by atoms with E-state index in [4.69, 9.17) is 9.72 Å². The largest absolute Gasteiger partial charge is 0.493 e. The summed E-state index contributed by atoms with van der Waals surface area (Å²) in [5.41, 5.74) is 3.53. The first-order valence-corrected chi connectivity index (χ1v) is 11.1. The molecule has 4 rings (SSSR count). The first-order valence-electron chi connectivity index (χ1n) is 11.1. The number of para-hydroxylation sites is 3. The Bertz CT molecular complexity index is 1230. The SMILES string of the molecule is C=CCc1ccccc1OCCCn1c(CN(C)C(=O)c2ccccn2)nc2ccccc21. The number of rotatable bonds is 10. The third-order valence-corrected chi connectivity index (χ3v) is 5.46. The van der Waals surface area contributed by atoms with Gasteiger partial charge in [-0.15, -0.1) is 6.58 Å². The van der Waals surface area contributed by atoms with E-state index in [0.717, 1.165) is 47.6 Å². The average molecular weight is 441 g/mol. The zero-order valence-corrected chi connectivity index (χ0v) is 18.9. The fourth-order valence-electron chi connectivity index (χ4n) is 3.84. The normalized spacial score (nSPS) is 10.8. The third kappa shape index (κ3) is 5.29. The van der Waals surface area contributed by atoms with Gasteiger partial charge in [-0.2, -0.15) is 0 Å². The van der Waals surface area contributed by atoms with E-state index in [9.17, 15) is 4.79 Å². The maximum absolute atomic E-state index is 12.8. The van der Waals surface area contributed by atoms with Crippen molar-refractivity contribution in [2.24, 2.45) is 0 Å². The van der Waals surface area contributed by atoms with Crippen molar-refractivity contribution in [3.05, 3.63) is 103 Å². The lowest BCUT2D eigenvalue weighted by atomic mass is 10.1. The van der Waals surface area contributed by atoms with Crippen LogP contribution in [-0.2, 0) is 19.5 Å².